The van der Waals surface area contributed by atoms with Crippen LogP contribution in [0.15, 0.2) is 12.2 Å². The van der Waals surface area contributed by atoms with Gasteiger partial charge in [0.05, 0.1) is 58.9 Å². The Kier molecular flexibility index (Phi) is 18.0. The Hall–Kier alpha value is -3.20. The molecule has 2 atom stereocenters. The van der Waals surface area contributed by atoms with E-state index in [-0.39, 0.29) is 49.5 Å². The number of rotatable bonds is 23. The molecule has 0 aromatic heterocycles. The molecule has 232 valence electrons. The molecule has 0 bridgehead atoms. The third-order valence-electron chi connectivity index (χ3n) is 5.75. The van der Waals surface area contributed by atoms with Crippen molar-refractivity contribution in [2.24, 2.45) is 5.92 Å². The summed E-state index contributed by atoms with van der Waals surface area (Å²) in [5.74, 6) is -2.12. The number of hydrogen-bond donors (Lipinski definition) is 3. The fourth-order valence-electron chi connectivity index (χ4n) is 3.43. The topological polar surface area (TPSA) is 179 Å². The molecule has 0 aliphatic carbocycles. The molecule has 14 nitrogen and oxygen atoms in total. The fourth-order valence-corrected chi connectivity index (χ4v) is 3.43. The standard InChI is InChI=1S/C27H44N4O10/c1-19(2)26(36)20(3)30-27(37)21(4)29-23(33)8-11-38-13-15-40-17-18-41-16-14-39-12-9-28-22(32)7-10-31-24(34)5-6-25(31)35/h5-6,19-21H,7-18H2,1-4H3,(H,28,32)(H,29,33)(H,30,37)/t20-,21-/m0/s1. The monoisotopic (exact) mass is 584 g/mol. The van der Waals surface area contributed by atoms with Gasteiger partial charge in [0.25, 0.3) is 11.8 Å². The van der Waals surface area contributed by atoms with Gasteiger partial charge >= 0.3 is 0 Å². The second-order valence-electron chi connectivity index (χ2n) is 9.54. The Morgan fingerprint density at radius 1 is 0.683 bits per heavy atom. The molecular formula is C27H44N4O10. The molecule has 1 rings (SSSR count). The van der Waals surface area contributed by atoms with Crippen LogP contribution in [-0.4, -0.2) is 118 Å². The van der Waals surface area contributed by atoms with Gasteiger partial charge in [0.1, 0.15) is 6.04 Å². The lowest BCUT2D eigenvalue weighted by Gasteiger charge is -2.19. The Labute approximate surface area is 240 Å². The molecule has 0 spiro atoms. The Morgan fingerprint density at radius 2 is 1.20 bits per heavy atom. The molecule has 0 saturated carbocycles. The molecule has 1 heterocycles. The van der Waals surface area contributed by atoms with E-state index in [9.17, 15) is 28.8 Å². The molecule has 41 heavy (non-hydrogen) atoms. The smallest absolute Gasteiger partial charge is 0.253 e. The summed E-state index contributed by atoms with van der Waals surface area (Å²) in [6, 6.07) is -1.38. The van der Waals surface area contributed by atoms with E-state index in [2.05, 4.69) is 16.0 Å². The maximum atomic E-state index is 12.1. The summed E-state index contributed by atoms with van der Waals surface area (Å²) in [7, 11) is 0. The number of hydrogen-bond acceptors (Lipinski definition) is 10. The highest BCUT2D eigenvalue weighted by atomic mass is 16.6. The van der Waals surface area contributed by atoms with Crippen LogP contribution in [0.4, 0.5) is 0 Å². The number of imide groups is 1. The van der Waals surface area contributed by atoms with E-state index >= 15 is 0 Å². The first kappa shape index (κ1) is 35.8. The summed E-state index contributed by atoms with van der Waals surface area (Å²) in [6.07, 6.45) is 2.48. The molecule has 0 radical (unpaired) electrons. The first-order valence-corrected chi connectivity index (χ1v) is 13.8. The lowest BCUT2D eigenvalue weighted by atomic mass is 10.0. The van der Waals surface area contributed by atoms with Crippen molar-refractivity contribution in [3.63, 3.8) is 0 Å². The highest BCUT2D eigenvalue weighted by molar-refractivity contribution is 6.13. The number of ketones is 1. The van der Waals surface area contributed by atoms with Gasteiger partial charge in [-0.2, -0.15) is 0 Å². The van der Waals surface area contributed by atoms with Crippen LogP contribution in [0, 0.1) is 5.92 Å². The highest BCUT2D eigenvalue weighted by Gasteiger charge is 2.24. The largest absolute Gasteiger partial charge is 0.379 e. The molecule has 5 amide bonds. The summed E-state index contributed by atoms with van der Waals surface area (Å²) in [4.78, 5) is 71.6. The van der Waals surface area contributed by atoms with Crippen molar-refractivity contribution in [1.82, 2.24) is 20.9 Å². The second-order valence-corrected chi connectivity index (χ2v) is 9.54. The van der Waals surface area contributed by atoms with Crippen molar-refractivity contribution in [2.75, 3.05) is 65.9 Å². The van der Waals surface area contributed by atoms with Crippen molar-refractivity contribution in [1.29, 1.82) is 0 Å². The first-order chi connectivity index (χ1) is 19.5. The van der Waals surface area contributed by atoms with Gasteiger partial charge < -0.3 is 34.9 Å². The second kappa shape index (κ2) is 20.6. The molecule has 14 heteroatoms. The Bertz CT molecular complexity index is 891. The van der Waals surface area contributed by atoms with Crippen LogP contribution < -0.4 is 16.0 Å². The van der Waals surface area contributed by atoms with Crippen molar-refractivity contribution in [3.8, 4) is 0 Å². The van der Waals surface area contributed by atoms with Gasteiger partial charge in [-0.1, -0.05) is 13.8 Å². The van der Waals surface area contributed by atoms with Crippen LogP contribution >= 0.6 is 0 Å². The molecule has 0 aromatic carbocycles. The zero-order chi connectivity index (χ0) is 30.6. The van der Waals surface area contributed by atoms with Gasteiger partial charge in [0, 0.05) is 44.0 Å². The van der Waals surface area contributed by atoms with Gasteiger partial charge in [-0.3, -0.25) is 33.7 Å². The number of nitrogens with zero attached hydrogens (tertiary/aromatic N) is 1. The van der Waals surface area contributed by atoms with E-state index in [0.717, 1.165) is 4.90 Å². The zero-order valence-electron chi connectivity index (χ0n) is 24.4. The molecular weight excluding hydrogens is 540 g/mol. The van der Waals surface area contributed by atoms with Crippen molar-refractivity contribution < 1.29 is 47.7 Å². The lowest BCUT2D eigenvalue weighted by molar-refractivity contribution is -0.137. The zero-order valence-corrected chi connectivity index (χ0v) is 24.4. The van der Waals surface area contributed by atoms with E-state index in [1.54, 1.807) is 27.7 Å². The van der Waals surface area contributed by atoms with Crippen LogP contribution in [0.5, 0.6) is 0 Å². The van der Waals surface area contributed by atoms with E-state index < -0.39 is 29.8 Å². The molecule has 0 fully saturated rings. The number of carbonyl (C=O) groups excluding carboxylic acids is 6. The van der Waals surface area contributed by atoms with Crippen LogP contribution in [0.1, 0.15) is 40.5 Å². The van der Waals surface area contributed by atoms with Crippen molar-refractivity contribution in [2.45, 2.75) is 52.6 Å². The Morgan fingerprint density at radius 3 is 1.73 bits per heavy atom. The minimum atomic E-state index is -0.768. The first-order valence-electron chi connectivity index (χ1n) is 13.8. The van der Waals surface area contributed by atoms with Crippen molar-refractivity contribution >= 4 is 35.3 Å². The van der Waals surface area contributed by atoms with Crippen LogP contribution in [0.25, 0.3) is 0 Å². The van der Waals surface area contributed by atoms with Gasteiger partial charge in [0.2, 0.25) is 17.7 Å². The third-order valence-corrected chi connectivity index (χ3v) is 5.75. The number of ether oxygens (including phenoxy) is 4. The fraction of sp³-hybridized carbons (Fsp3) is 0.704. The molecule has 3 N–H and O–H groups in total. The third kappa shape index (κ3) is 16.0. The maximum Gasteiger partial charge on any atom is 0.253 e. The van der Waals surface area contributed by atoms with E-state index in [1.165, 1.54) is 12.2 Å². The molecule has 0 saturated heterocycles. The summed E-state index contributed by atoms with van der Waals surface area (Å²) >= 11 is 0. The summed E-state index contributed by atoms with van der Waals surface area (Å²) in [5, 5.41) is 7.83. The number of Topliss-reactive ketones (excluding diaryl/α,β-unsaturated/α-hetero) is 1. The summed E-state index contributed by atoms with van der Waals surface area (Å²) in [6.45, 7) is 9.58. The van der Waals surface area contributed by atoms with Gasteiger partial charge in [-0.05, 0) is 13.8 Å². The minimum absolute atomic E-state index is 0.0328. The Balaban J connectivity index is 1.88. The van der Waals surface area contributed by atoms with E-state index in [4.69, 9.17) is 18.9 Å². The van der Waals surface area contributed by atoms with Gasteiger partial charge in [-0.15, -0.1) is 0 Å². The summed E-state index contributed by atoms with van der Waals surface area (Å²) < 4.78 is 21.5. The van der Waals surface area contributed by atoms with Crippen LogP contribution in [-0.2, 0) is 47.7 Å². The predicted molar refractivity (Wildman–Crippen MR) is 146 cm³/mol. The molecule has 0 aromatic rings. The highest BCUT2D eigenvalue weighted by Crippen LogP contribution is 2.04. The van der Waals surface area contributed by atoms with Crippen molar-refractivity contribution in [3.05, 3.63) is 12.2 Å². The molecule has 0 unspecified atom stereocenters. The quantitative estimate of drug-likeness (QED) is 0.101. The van der Waals surface area contributed by atoms with Gasteiger partial charge in [-0.25, -0.2) is 0 Å². The minimum Gasteiger partial charge on any atom is -0.379 e. The number of amides is 5. The van der Waals surface area contributed by atoms with Crippen LogP contribution in [0.2, 0.25) is 0 Å². The summed E-state index contributed by atoms with van der Waals surface area (Å²) in [5.41, 5.74) is 0. The average Bonchev–Trinajstić information content (AvgIpc) is 3.25. The lowest BCUT2D eigenvalue weighted by Crippen LogP contribution is -2.50. The number of carbonyl (C=O) groups is 6. The molecule has 1 aliphatic rings. The van der Waals surface area contributed by atoms with E-state index in [0.29, 0.717) is 52.8 Å². The molecule has 1 aliphatic heterocycles. The normalized spacial score (nSPS) is 14.3. The van der Waals surface area contributed by atoms with Crippen LogP contribution in [0.3, 0.4) is 0 Å². The average molecular weight is 585 g/mol. The SMILES string of the molecule is CC(C)C(=O)[C@H](C)NC(=O)[C@H](C)NC(=O)CCOCCOCCOCCOCCNC(=O)CCN1C(=O)C=CC1=O. The maximum absolute atomic E-state index is 12.1. The van der Waals surface area contributed by atoms with E-state index in [1.807, 2.05) is 0 Å². The number of nitrogens with one attached hydrogen (secondary N) is 3. The van der Waals surface area contributed by atoms with Gasteiger partial charge in [0.15, 0.2) is 5.78 Å². The predicted octanol–water partition coefficient (Wildman–Crippen LogP) is -0.891.